The van der Waals surface area contributed by atoms with Crippen LogP contribution in [-0.2, 0) is 4.74 Å². The molecule has 1 heterocycles. The molecule has 5 nitrogen and oxygen atoms in total. The van der Waals surface area contributed by atoms with Crippen LogP contribution in [0.15, 0.2) is 48.0 Å². The van der Waals surface area contributed by atoms with Crippen molar-refractivity contribution in [2.24, 2.45) is 0 Å². The number of fused-ring (bicyclic) bond motifs is 1. The second kappa shape index (κ2) is 7.42. The number of aromatic nitrogens is 1. The molecule has 0 fully saturated rings. The third kappa shape index (κ3) is 3.55. The lowest BCUT2D eigenvalue weighted by Gasteiger charge is -2.17. The predicted molar refractivity (Wildman–Crippen MR) is 94.7 cm³/mol. The average Bonchev–Trinajstić information content (AvgIpc) is 3.10. The summed E-state index contributed by atoms with van der Waals surface area (Å²) in [5, 5.41) is 2.92. The maximum Gasteiger partial charge on any atom is 0.251 e. The van der Waals surface area contributed by atoms with Crippen molar-refractivity contribution < 1.29 is 14.3 Å². The standard InChI is InChI=1S/C18H18N2O3S/c1-22-14-5-3-4-12(8-14)16(23-2)10-19-18(21)13-6-7-15-17(9-13)24-11-20-15/h3-9,11,16H,10H2,1-2H3,(H,19,21)/t16-/m1/s1. The summed E-state index contributed by atoms with van der Waals surface area (Å²) in [6.45, 7) is 0.378. The van der Waals surface area contributed by atoms with Crippen LogP contribution in [0, 0.1) is 0 Å². The molecule has 0 aliphatic carbocycles. The fraction of sp³-hybridized carbons (Fsp3) is 0.222. The Morgan fingerprint density at radius 1 is 1.25 bits per heavy atom. The normalized spacial score (nSPS) is 12.1. The van der Waals surface area contributed by atoms with Crippen LogP contribution in [0.2, 0.25) is 0 Å². The third-order valence-electron chi connectivity index (χ3n) is 3.79. The molecule has 0 aliphatic heterocycles. The summed E-state index contributed by atoms with van der Waals surface area (Å²) < 4.78 is 11.7. The zero-order valence-electron chi connectivity index (χ0n) is 13.5. The third-order valence-corrected chi connectivity index (χ3v) is 4.58. The van der Waals surface area contributed by atoms with Gasteiger partial charge in [0.25, 0.3) is 5.91 Å². The van der Waals surface area contributed by atoms with Gasteiger partial charge in [0.2, 0.25) is 0 Å². The van der Waals surface area contributed by atoms with Gasteiger partial charge in [-0.3, -0.25) is 4.79 Å². The van der Waals surface area contributed by atoms with Crippen molar-refractivity contribution in [3.8, 4) is 5.75 Å². The molecule has 1 amide bonds. The summed E-state index contributed by atoms with van der Waals surface area (Å²) in [6, 6.07) is 13.1. The number of benzene rings is 2. The van der Waals surface area contributed by atoms with Crippen molar-refractivity contribution in [1.29, 1.82) is 0 Å². The number of carbonyl (C=O) groups excluding carboxylic acids is 1. The Bertz CT molecular complexity index is 847. The van der Waals surface area contributed by atoms with Crippen molar-refractivity contribution >= 4 is 27.5 Å². The van der Waals surface area contributed by atoms with Crippen molar-refractivity contribution in [3.05, 3.63) is 59.1 Å². The van der Waals surface area contributed by atoms with E-state index in [1.165, 1.54) is 11.3 Å². The van der Waals surface area contributed by atoms with Crippen LogP contribution in [-0.4, -0.2) is 31.7 Å². The Kier molecular flexibility index (Phi) is 5.08. The van der Waals surface area contributed by atoms with Gasteiger partial charge in [0, 0.05) is 19.2 Å². The van der Waals surface area contributed by atoms with Crippen molar-refractivity contribution in [1.82, 2.24) is 10.3 Å². The molecule has 1 aromatic heterocycles. The first kappa shape index (κ1) is 16.4. The van der Waals surface area contributed by atoms with E-state index in [1.807, 2.05) is 36.4 Å². The van der Waals surface area contributed by atoms with Crippen LogP contribution in [0.3, 0.4) is 0 Å². The second-order valence-corrected chi connectivity index (χ2v) is 6.13. The summed E-state index contributed by atoms with van der Waals surface area (Å²) in [5.74, 6) is 0.631. The van der Waals surface area contributed by atoms with E-state index in [1.54, 1.807) is 25.8 Å². The van der Waals surface area contributed by atoms with Gasteiger partial charge in [-0.15, -0.1) is 11.3 Å². The summed E-state index contributed by atoms with van der Waals surface area (Å²) >= 11 is 1.52. The van der Waals surface area contributed by atoms with Gasteiger partial charge in [-0.1, -0.05) is 12.1 Å². The zero-order chi connectivity index (χ0) is 16.9. The van der Waals surface area contributed by atoms with E-state index < -0.39 is 0 Å². The van der Waals surface area contributed by atoms with E-state index in [0.717, 1.165) is 21.5 Å². The number of carbonyl (C=O) groups is 1. The summed E-state index contributed by atoms with van der Waals surface area (Å²) in [7, 11) is 3.25. The van der Waals surface area contributed by atoms with Crippen molar-refractivity contribution in [3.63, 3.8) is 0 Å². The Hall–Kier alpha value is -2.44. The summed E-state index contributed by atoms with van der Waals surface area (Å²) in [5.41, 5.74) is 4.25. The molecule has 1 N–H and O–H groups in total. The first-order valence-electron chi connectivity index (χ1n) is 7.49. The number of ether oxygens (including phenoxy) is 2. The first-order valence-corrected chi connectivity index (χ1v) is 8.37. The van der Waals surface area contributed by atoms with E-state index in [-0.39, 0.29) is 12.0 Å². The molecule has 124 valence electrons. The largest absolute Gasteiger partial charge is 0.497 e. The maximum atomic E-state index is 12.4. The van der Waals surface area contributed by atoms with Crippen LogP contribution in [0.4, 0.5) is 0 Å². The number of methoxy groups -OCH3 is 2. The Morgan fingerprint density at radius 3 is 2.92 bits per heavy atom. The molecule has 0 bridgehead atoms. The van der Waals surface area contributed by atoms with E-state index in [4.69, 9.17) is 9.47 Å². The van der Waals surface area contributed by atoms with Gasteiger partial charge >= 0.3 is 0 Å². The molecule has 24 heavy (non-hydrogen) atoms. The minimum atomic E-state index is -0.240. The quantitative estimate of drug-likeness (QED) is 0.746. The van der Waals surface area contributed by atoms with Crippen molar-refractivity contribution in [2.45, 2.75) is 6.10 Å². The van der Waals surface area contributed by atoms with Gasteiger partial charge in [0.1, 0.15) is 5.75 Å². The Balaban J connectivity index is 1.69. The van der Waals surface area contributed by atoms with Crippen molar-refractivity contribution in [2.75, 3.05) is 20.8 Å². The number of hydrogen-bond acceptors (Lipinski definition) is 5. The van der Waals surface area contributed by atoms with E-state index in [2.05, 4.69) is 10.3 Å². The number of amides is 1. The molecular formula is C18H18N2O3S. The molecule has 0 radical (unpaired) electrons. The van der Waals surface area contributed by atoms with Gasteiger partial charge in [-0.25, -0.2) is 4.98 Å². The Morgan fingerprint density at radius 2 is 2.12 bits per heavy atom. The molecule has 0 spiro atoms. The van der Waals surface area contributed by atoms with Gasteiger partial charge in [0.15, 0.2) is 0 Å². The van der Waals surface area contributed by atoms with Crippen LogP contribution in [0.25, 0.3) is 10.2 Å². The number of rotatable bonds is 6. The number of nitrogens with one attached hydrogen (secondary N) is 1. The molecule has 3 rings (SSSR count). The molecule has 6 heteroatoms. The lowest BCUT2D eigenvalue weighted by atomic mass is 10.1. The van der Waals surface area contributed by atoms with Crippen LogP contribution < -0.4 is 10.1 Å². The Labute approximate surface area is 144 Å². The molecule has 2 aromatic carbocycles. The first-order chi connectivity index (χ1) is 11.7. The lowest BCUT2D eigenvalue weighted by Crippen LogP contribution is -2.29. The minimum Gasteiger partial charge on any atom is -0.497 e. The molecule has 0 saturated carbocycles. The second-order valence-electron chi connectivity index (χ2n) is 5.25. The van der Waals surface area contributed by atoms with E-state index in [9.17, 15) is 4.79 Å². The summed E-state index contributed by atoms with van der Waals surface area (Å²) in [4.78, 5) is 16.6. The van der Waals surface area contributed by atoms with Gasteiger partial charge in [0.05, 0.1) is 28.9 Å². The zero-order valence-corrected chi connectivity index (χ0v) is 14.3. The molecule has 3 aromatic rings. The molecular weight excluding hydrogens is 324 g/mol. The minimum absolute atomic E-state index is 0.129. The number of thiazole rings is 1. The number of hydrogen-bond donors (Lipinski definition) is 1. The fourth-order valence-corrected chi connectivity index (χ4v) is 3.18. The molecule has 1 atom stereocenters. The van der Waals surface area contributed by atoms with E-state index in [0.29, 0.717) is 12.1 Å². The predicted octanol–water partition coefficient (Wildman–Crippen LogP) is 3.42. The highest BCUT2D eigenvalue weighted by atomic mass is 32.1. The molecule has 0 aliphatic rings. The van der Waals surface area contributed by atoms with Crippen LogP contribution >= 0.6 is 11.3 Å². The monoisotopic (exact) mass is 342 g/mol. The van der Waals surface area contributed by atoms with Gasteiger partial charge < -0.3 is 14.8 Å². The van der Waals surface area contributed by atoms with Gasteiger partial charge in [-0.05, 0) is 35.9 Å². The topological polar surface area (TPSA) is 60.5 Å². The van der Waals surface area contributed by atoms with E-state index >= 15 is 0 Å². The SMILES string of the molecule is COc1cccc([C@@H](CNC(=O)c2ccc3ncsc3c2)OC)c1. The lowest BCUT2D eigenvalue weighted by molar-refractivity contribution is 0.0827. The maximum absolute atomic E-state index is 12.4. The van der Waals surface area contributed by atoms with Crippen LogP contribution in [0.1, 0.15) is 22.0 Å². The fourth-order valence-electron chi connectivity index (χ4n) is 2.46. The number of nitrogens with zero attached hydrogens (tertiary/aromatic N) is 1. The van der Waals surface area contributed by atoms with Crippen LogP contribution in [0.5, 0.6) is 5.75 Å². The van der Waals surface area contributed by atoms with Gasteiger partial charge in [-0.2, -0.15) is 0 Å². The highest BCUT2D eigenvalue weighted by Gasteiger charge is 2.14. The molecule has 0 saturated heterocycles. The smallest absolute Gasteiger partial charge is 0.251 e. The highest BCUT2D eigenvalue weighted by molar-refractivity contribution is 7.16. The summed E-state index contributed by atoms with van der Waals surface area (Å²) in [6.07, 6.45) is -0.240. The average molecular weight is 342 g/mol. The molecule has 0 unspecified atom stereocenters. The highest BCUT2D eigenvalue weighted by Crippen LogP contribution is 2.22.